The minimum Gasteiger partial charge on any atom is -0.496 e. The van der Waals surface area contributed by atoms with Crippen molar-refractivity contribution in [3.8, 4) is 16.5 Å². The zero-order valence-corrected chi connectivity index (χ0v) is 22.0. The summed E-state index contributed by atoms with van der Waals surface area (Å²) in [5.41, 5.74) is 3.64. The van der Waals surface area contributed by atoms with Crippen molar-refractivity contribution in [1.82, 2.24) is 25.4 Å². The normalized spacial score (nSPS) is 18.2. The number of carbonyl (C=O) groups is 1. The van der Waals surface area contributed by atoms with Gasteiger partial charge in [-0.25, -0.2) is 9.37 Å². The number of thiazole rings is 1. The van der Waals surface area contributed by atoms with Crippen LogP contribution in [0.25, 0.3) is 31.8 Å². The summed E-state index contributed by atoms with van der Waals surface area (Å²) in [6.07, 6.45) is 0.863. The number of amides is 1. The number of likely N-dealkylation sites (tertiary alicyclic amines) is 1. The molecule has 0 bridgehead atoms. The van der Waals surface area contributed by atoms with Gasteiger partial charge in [-0.3, -0.25) is 14.8 Å². The summed E-state index contributed by atoms with van der Waals surface area (Å²) in [7, 11) is 1.55. The molecular weight excluding hydrogens is 501 g/mol. The number of ether oxygens (including phenoxy) is 1. The number of piperidine rings is 1. The van der Waals surface area contributed by atoms with Crippen LogP contribution >= 0.6 is 11.3 Å². The molecule has 1 amide bonds. The number of nitrogens with zero attached hydrogens (tertiary/aromatic N) is 3. The fourth-order valence-electron chi connectivity index (χ4n) is 5.36. The van der Waals surface area contributed by atoms with Crippen LogP contribution in [0.4, 0.5) is 4.39 Å². The SMILES string of the molecule is COc1cccc(F)c1CN1C[C@@H](C)C[C@@H](NC(=O)c2ccc3[nH]nc(-c4nc5ccccc5s4)c3c2)C1. The number of methoxy groups -OCH3 is 1. The number of nitrogens with one attached hydrogen (secondary N) is 2. The molecule has 0 radical (unpaired) electrons. The molecule has 194 valence electrons. The minimum absolute atomic E-state index is 0.0483. The fourth-order valence-corrected chi connectivity index (χ4v) is 6.33. The van der Waals surface area contributed by atoms with Crippen LogP contribution < -0.4 is 10.1 Å². The van der Waals surface area contributed by atoms with Gasteiger partial charge in [0.05, 0.1) is 22.8 Å². The van der Waals surface area contributed by atoms with E-state index in [0.717, 1.165) is 44.8 Å². The second-order valence-electron chi connectivity index (χ2n) is 9.95. The van der Waals surface area contributed by atoms with Crippen LogP contribution in [0.3, 0.4) is 0 Å². The van der Waals surface area contributed by atoms with Gasteiger partial charge in [0.1, 0.15) is 22.3 Å². The van der Waals surface area contributed by atoms with Crippen LogP contribution in [-0.4, -0.2) is 52.2 Å². The molecule has 0 spiro atoms. The van der Waals surface area contributed by atoms with E-state index in [2.05, 4.69) is 27.3 Å². The first kappa shape index (κ1) is 24.5. The van der Waals surface area contributed by atoms with Crippen molar-refractivity contribution in [2.75, 3.05) is 20.2 Å². The van der Waals surface area contributed by atoms with Crippen molar-refractivity contribution in [3.63, 3.8) is 0 Å². The van der Waals surface area contributed by atoms with Gasteiger partial charge in [0.15, 0.2) is 0 Å². The number of benzene rings is 3. The largest absolute Gasteiger partial charge is 0.496 e. The number of halogens is 1. The number of aromatic nitrogens is 3. The van der Waals surface area contributed by atoms with Gasteiger partial charge in [-0.1, -0.05) is 25.1 Å². The number of hydrogen-bond acceptors (Lipinski definition) is 6. The Labute approximate surface area is 223 Å². The van der Waals surface area contributed by atoms with E-state index in [0.29, 0.717) is 35.9 Å². The molecule has 38 heavy (non-hydrogen) atoms. The third-order valence-electron chi connectivity index (χ3n) is 7.07. The third-order valence-corrected chi connectivity index (χ3v) is 8.11. The number of aromatic amines is 1. The molecular formula is C29H28FN5O2S. The molecule has 2 atom stereocenters. The summed E-state index contributed by atoms with van der Waals surface area (Å²) in [6.45, 7) is 4.06. The van der Waals surface area contributed by atoms with Gasteiger partial charge in [-0.2, -0.15) is 5.10 Å². The molecule has 3 heterocycles. The number of fused-ring (bicyclic) bond motifs is 2. The Balaban J connectivity index is 1.21. The third kappa shape index (κ3) is 4.75. The Morgan fingerprint density at radius 2 is 2.05 bits per heavy atom. The molecule has 1 saturated heterocycles. The van der Waals surface area contributed by atoms with E-state index in [1.807, 2.05) is 42.5 Å². The van der Waals surface area contributed by atoms with Gasteiger partial charge in [0.2, 0.25) is 0 Å². The molecule has 6 rings (SSSR count). The summed E-state index contributed by atoms with van der Waals surface area (Å²) in [4.78, 5) is 20.3. The number of hydrogen-bond donors (Lipinski definition) is 2. The molecule has 0 saturated carbocycles. The zero-order valence-electron chi connectivity index (χ0n) is 21.2. The summed E-state index contributed by atoms with van der Waals surface area (Å²) >= 11 is 1.58. The van der Waals surface area contributed by atoms with Crippen molar-refractivity contribution in [2.45, 2.75) is 25.9 Å². The maximum absolute atomic E-state index is 14.5. The van der Waals surface area contributed by atoms with Crippen LogP contribution in [0, 0.1) is 11.7 Å². The van der Waals surface area contributed by atoms with Gasteiger partial charge >= 0.3 is 0 Å². The van der Waals surface area contributed by atoms with Crippen LogP contribution in [0.15, 0.2) is 60.7 Å². The molecule has 3 aromatic carbocycles. The lowest BCUT2D eigenvalue weighted by Gasteiger charge is -2.37. The summed E-state index contributed by atoms with van der Waals surface area (Å²) < 4.78 is 21.0. The van der Waals surface area contributed by atoms with E-state index in [4.69, 9.17) is 9.72 Å². The van der Waals surface area contributed by atoms with Gasteiger partial charge in [0.25, 0.3) is 5.91 Å². The lowest BCUT2D eigenvalue weighted by atomic mass is 9.95. The fraction of sp³-hybridized carbons (Fsp3) is 0.276. The van der Waals surface area contributed by atoms with Gasteiger partial charge in [-0.05, 0) is 54.8 Å². The van der Waals surface area contributed by atoms with Crippen molar-refractivity contribution in [3.05, 3.63) is 77.6 Å². The first-order valence-corrected chi connectivity index (χ1v) is 13.5. The smallest absolute Gasteiger partial charge is 0.251 e. The van der Waals surface area contributed by atoms with E-state index >= 15 is 0 Å². The number of rotatable bonds is 6. The standard InChI is InChI=1S/C29H28FN5O2S/c1-17-12-19(15-35(14-17)16-21-22(30)6-5-8-25(21)37-2)31-28(36)18-10-11-23-20(13-18)27(34-33-23)29-32-24-7-3-4-9-26(24)38-29/h3-11,13,17,19H,12,14-16H2,1-2H3,(H,31,36)(H,33,34)/t17-,19+/m0/s1. The highest BCUT2D eigenvalue weighted by Crippen LogP contribution is 2.33. The number of carbonyl (C=O) groups excluding carboxylic acids is 1. The highest BCUT2D eigenvalue weighted by molar-refractivity contribution is 7.21. The Bertz CT molecular complexity index is 1600. The molecule has 1 aliphatic rings. The van der Waals surface area contributed by atoms with Crippen LogP contribution in [0.1, 0.15) is 29.3 Å². The first-order valence-electron chi connectivity index (χ1n) is 12.7. The molecule has 1 aliphatic heterocycles. The second-order valence-corrected chi connectivity index (χ2v) is 11.0. The maximum atomic E-state index is 14.5. The molecule has 0 aliphatic carbocycles. The van der Waals surface area contributed by atoms with Crippen LogP contribution in [0.2, 0.25) is 0 Å². The predicted octanol–water partition coefficient (Wildman–Crippen LogP) is 5.63. The van der Waals surface area contributed by atoms with Crippen molar-refractivity contribution in [2.24, 2.45) is 5.92 Å². The quantitative estimate of drug-likeness (QED) is 0.298. The topological polar surface area (TPSA) is 83.1 Å². The van der Waals surface area contributed by atoms with E-state index in [1.54, 1.807) is 30.6 Å². The molecule has 5 aromatic rings. The Morgan fingerprint density at radius 1 is 1.18 bits per heavy atom. The second kappa shape index (κ2) is 10.2. The van der Waals surface area contributed by atoms with Crippen LogP contribution in [0.5, 0.6) is 5.75 Å². The summed E-state index contributed by atoms with van der Waals surface area (Å²) in [5.74, 6) is 0.487. The molecule has 9 heteroatoms. The molecule has 1 fully saturated rings. The summed E-state index contributed by atoms with van der Waals surface area (Å²) in [5, 5.41) is 12.5. The average molecular weight is 530 g/mol. The lowest BCUT2D eigenvalue weighted by molar-refractivity contribution is 0.0868. The van der Waals surface area contributed by atoms with E-state index in [9.17, 15) is 9.18 Å². The number of para-hydroxylation sites is 1. The lowest BCUT2D eigenvalue weighted by Crippen LogP contribution is -2.50. The van der Waals surface area contributed by atoms with Crippen LogP contribution in [-0.2, 0) is 6.54 Å². The minimum atomic E-state index is -0.277. The highest BCUT2D eigenvalue weighted by Gasteiger charge is 2.28. The van der Waals surface area contributed by atoms with Gasteiger partial charge in [-0.15, -0.1) is 11.3 Å². The Kier molecular flexibility index (Phi) is 6.55. The molecule has 2 N–H and O–H groups in total. The van der Waals surface area contributed by atoms with E-state index in [-0.39, 0.29) is 17.8 Å². The molecule has 0 unspecified atom stereocenters. The average Bonchev–Trinajstić information content (AvgIpc) is 3.53. The van der Waals surface area contributed by atoms with Crippen molar-refractivity contribution >= 4 is 38.4 Å². The molecule has 7 nitrogen and oxygen atoms in total. The maximum Gasteiger partial charge on any atom is 0.251 e. The highest BCUT2D eigenvalue weighted by atomic mass is 32.1. The number of H-pyrrole nitrogens is 1. The van der Waals surface area contributed by atoms with Gasteiger partial charge < -0.3 is 10.1 Å². The van der Waals surface area contributed by atoms with Gasteiger partial charge in [0, 0.05) is 42.2 Å². The van der Waals surface area contributed by atoms with E-state index < -0.39 is 0 Å². The predicted molar refractivity (Wildman–Crippen MR) is 148 cm³/mol. The monoisotopic (exact) mass is 529 g/mol. The first-order chi connectivity index (χ1) is 18.5. The van der Waals surface area contributed by atoms with E-state index in [1.165, 1.54) is 6.07 Å². The van der Waals surface area contributed by atoms with Crippen molar-refractivity contribution < 1.29 is 13.9 Å². The zero-order chi connectivity index (χ0) is 26.2. The van der Waals surface area contributed by atoms with Crippen molar-refractivity contribution in [1.29, 1.82) is 0 Å². The molecule has 2 aromatic heterocycles. The Morgan fingerprint density at radius 3 is 2.89 bits per heavy atom. The Hall–Kier alpha value is -3.82. The summed E-state index contributed by atoms with van der Waals surface area (Å²) in [6, 6.07) is 18.4.